The van der Waals surface area contributed by atoms with Crippen LogP contribution >= 0.6 is 22.9 Å². The highest BCUT2D eigenvalue weighted by Gasteiger charge is 2.09. The molecule has 0 atom stereocenters. The van der Waals surface area contributed by atoms with E-state index < -0.39 is 5.91 Å². The molecule has 1 heterocycles. The van der Waals surface area contributed by atoms with E-state index in [0.29, 0.717) is 28.5 Å². The Hall–Kier alpha value is -2.83. The lowest BCUT2D eigenvalue weighted by Crippen LogP contribution is -2.41. The molecule has 2 amide bonds. The molecule has 0 saturated carbocycles. The van der Waals surface area contributed by atoms with Crippen LogP contribution < -0.4 is 15.6 Å². The minimum atomic E-state index is -0.390. The molecule has 5 nitrogen and oxygen atoms in total. The van der Waals surface area contributed by atoms with E-state index in [1.165, 1.54) is 11.3 Å². The summed E-state index contributed by atoms with van der Waals surface area (Å²) in [5.41, 5.74) is 6.63. The Morgan fingerprint density at radius 1 is 0.885 bits per heavy atom. The molecule has 0 spiro atoms. The molecule has 3 rings (SSSR count). The van der Waals surface area contributed by atoms with Gasteiger partial charge in [0, 0.05) is 16.0 Å². The fraction of sp³-hybridized carbons (Fsp3) is 0.0526. The van der Waals surface area contributed by atoms with E-state index in [0.717, 1.165) is 5.56 Å². The summed E-state index contributed by atoms with van der Waals surface area (Å²) in [4.78, 5) is 23.9. The molecule has 7 heteroatoms. The number of hydrogen-bond acceptors (Lipinski definition) is 4. The number of thiophene rings is 1. The molecule has 26 heavy (non-hydrogen) atoms. The van der Waals surface area contributed by atoms with Crippen LogP contribution in [0.2, 0.25) is 5.02 Å². The van der Waals surface area contributed by atoms with E-state index in [1.807, 2.05) is 0 Å². The predicted octanol–water partition coefficient (Wildman–Crippen LogP) is 4.06. The van der Waals surface area contributed by atoms with Crippen LogP contribution in [0.15, 0.2) is 65.4 Å². The van der Waals surface area contributed by atoms with E-state index in [1.54, 1.807) is 65.4 Å². The highest BCUT2D eigenvalue weighted by atomic mass is 35.5. The topological polar surface area (TPSA) is 67.4 Å². The zero-order chi connectivity index (χ0) is 18.4. The van der Waals surface area contributed by atoms with Crippen LogP contribution in [0.4, 0.5) is 0 Å². The molecule has 2 N–H and O–H groups in total. The second kappa shape index (κ2) is 8.51. The minimum Gasteiger partial charge on any atom is -0.489 e. The van der Waals surface area contributed by atoms with Crippen molar-refractivity contribution in [2.24, 2.45) is 0 Å². The number of rotatable bonds is 5. The van der Waals surface area contributed by atoms with Crippen molar-refractivity contribution in [1.29, 1.82) is 0 Å². The van der Waals surface area contributed by atoms with E-state index >= 15 is 0 Å². The molecule has 3 aromatic rings. The van der Waals surface area contributed by atoms with Crippen molar-refractivity contribution >= 4 is 34.8 Å². The van der Waals surface area contributed by atoms with Gasteiger partial charge in [-0.2, -0.15) is 11.3 Å². The summed E-state index contributed by atoms with van der Waals surface area (Å²) in [6.07, 6.45) is 0. The first-order valence-corrected chi connectivity index (χ1v) is 9.04. The van der Waals surface area contributed by atoms with Gasteiger partial charge in [0.25, 0.3) is 11.8 Å². The Morgan fingerprint density at radius 2 is 1.54 bits per heavy atom. The number of carbonyl (C=O) groups excluding carboxylic acids is 2. The lowest BCUT2D eigenvalue weighted by atomic mass is 10.1. The molecule has 0 radical (unpaired) electrons. The Bertz CT molecular complexity index is 878. The molecule has 132 valence electrons. The molecule has 0 aliphatic heterocycles. The minimum absolute atomic E-state index is 0.354. The Morgan fingerprint density at radius 3 is 2.15 bits per heavy atom. The molecule has 0 unspecified atom stereocenters. The third kappa shape index (κ3) is 4.84. The van der Waals surface area contributed by atoms with Crippen LogP contribution in [0.1, 0.15) is 26.3 Å². The Balaban J connectivity index is 1.50. The van der Waals surface area contributed by atoms with Crippen molar-refractivity contribution in [3.63, 3.8) is 0 Å². The summed E-state index contributed by atoms with van der Waals surface area (Å²) in [7, 11) is 0. The highest BCUT2D eigenvalue weighted by molar-refractivity contribution is 7.08. The largest absolute Gasteiger partial charge is 0.489 e. The zero-order valence-electron chi connectivity index (χ0n) is 13.6. The predicted molar refractivity (Wildman–Crippen MR) is 101 cm³/mol. The first-order valence-electron chi connectivity index (χ1n) is 7.72. The first-order chi connectivity index (χ1) is 12.6. The fourth-order valence-electron chi connectivity index (χ4n) is 2.10. The molecular formula is C19H15ClN2O3S. The Kier molecular flexibility index (Phi) is 5.88. The first kappa shape index (κ1) is 18.0. The molecule has 2 aromatic carbocycles. The van der Waals surface area contributed by atoms with Crippen LogP contribution in [-0.2, 0) is 6.61 Å². The van der Waals surface area contributed by atoms with Crippen molar-refractivity contribution < 1.29 is 14.3 Å². The Labute approximate surface area is 159 Å². The standard InChI is InChI=1S/C19H15ClN2O3S/c20-16-5-7-17(8-6-16)25-11-13-1-3-14(4-2-13)18(23)21-22-19(24)15-9-10-26-12-15/h1-10,12H,11H2,(H,21,23)(H,22,24). The van der Waals surface area contributed by atoms with Crippen LogP contribution in [-0.4, -0.2) is 11.8 Å². The number of ether oxygens (including phenoxy) is 1. The summed E-state index contributed by atoms with van der Waals surface area (Å²) in [6, 6.07) is 15.7. The third-order valence-electron chi connectivity index (χ3n) is 3.51. The van der Waals surface area contributed by atoms with Crippen LogP contribution in [0.5, 0.6) is 5.75 Å². The van der Waals surface area contributed by atoms with Crippen molar-refractivity contribution in [3.8, 4) is 5.75 Å². The number of benzene rings is 2. The van der Waals surface area contributed by atoms with Crippen molar-refractivity contribution in [2.75, 3.05) is 0 Å². The lowest BCUT2D eigenvalue weighted by molar-refractivity contribution is 0.0847. The van der Waals surface area contributed by atoms with E-state index in [4.69, 9.17) is 16.3 Å². The molecule has 0 aliphatic rings. The van der Waals surface area contributed by atoms with Gasteiger partial charge in [0.2, 0.25) is 0 Å². The number of halogens is 1. The van der Waals surface area contributed by atoms with Gasteiger partial charge < -0.3 is 4.74 Å². The van der Waals surface area contributed by atoms with Gasteiger partial charge >= 0.3 is 0 Å². The number of amides is 2. The second-order valence-corrected chi connectivity index (χ2v) is 6.58. The van der Waals surface area contributed by atoms with Gasteiger partial charge in [0.1, 0.15) is 12.4 Å². The third-order valence-corrected chi connectivity index (χ3v) is 4.44. The van der Waals surface area contributed by atoms with E-state index in [9.17, 15) is 9.59 Å². The molecule has 0 bridgehead atoms. The van der Waals surface area contributed by atoms with E-state index in [-0.39, 0.29) is 5.91 Å². The lowest BCUT2D eigenvalue weighted by Gasteiger charge is -2.08. The maximum absolute atomic E-state index is 12.1. The van der Waals surface area contributed by atoms with Gasteiger partial charge in [-0.05, 0) is 53.4 Å². The monoisotopic (exact) mass is 386 g/mol. The highest BCUT2D eigenvalue weighted by Crippen LogP contribution is 2.17. The zero-order valence-corrected chi connectivity index (χ0v) is 15.1. The maximum Gasteiger partial charge on any atom is 0.270 e. The summed E-state index contributed by atoms with van der Waals surface area (Å²) in [5, 5.41) is 4.15. The second-order valence-electron chi connectivity index (χ2n) is 5.36. The van der Waals surface area contributed by atoms with Crippen molar-refractivity contribution in [3.05, 3.63) is 87.1 Å². The maximum atomic E-state index is 12.1. The summed E-state index contributed by atoms with van der Waals surface area (Å²) < 4.78 is 5.65. The summed E-state index contributed by atoms with van der Waals surface area (Å²) >= 11 is 7.24. The van der Waals surface area contributed by atoms with Crippen LogP contribution in [0.3, 0.4) is 0 Å². The van der Waals surface area contributed by atoms with Gasteiger partial charge in [0.05, 0.1) is 5.56 Å². The summed E-state index contributed by atoms with van der Waals surface area (Å²) in [5.74, 6) is -0.0290. The molecule has 1 aromatic heterocycles. The number of nitrogens with one attached hydrogen (secondary N) is 2. The number of carbonyl (C=O) groups is 2. The van der Waals surface area contributed by atoms with Gasteiger partial charge in [-0.15, -0.1) is 0 Å². The molecule has 0 aliphatic carbocycles. The van der Waals surface area contributed by atoms with Crippen molar-refractivity contribution in [1.82, 2.24) is 10.9 Å². The number of hydrogen-bond donors (Lipinski definition) is 2. The van der Waals surface area contributed by atoms with Crippen LogP contribution in [0, 0.1) is 0 Å². The SMILES string of the molecule is O=C(NNC(=O)c1ccsc1)c1ccc(COc2ccc(Cl)cc2)cc1. The van der Waals surface area contributed by atoms with Gasteiger partial charge in [-0.1, -0.05) is 23.7 Å². The summed E-state index contributed by atoms with van der Waals surface area (Å²) in [6.45, 7) is 0.373. The van der Waals surface area contributed by atoms with Gasteiger partial charge in [0.15, 0.2) is 0 Å². The van der Waals surface area contributed by atoms with Gasteiger partial charge in [-0.25, -0.2) is 0 Å². The molecular weight excluding hydrogens is 372 g/mol. The van der Waals surface area contributed by atoms with E-state index in [2.05, 4.69) is 10.9 Å². The molecule has 0 saturated heterocycles. The normalized spacial score (nSPS) is 10.2. The van der Waals surface area contributed by atoms with Crippen molar-refractivity contribution in [2.45, 2.75) is 6.61 Å². The number of hydrazine groups is 1. The average Bonchev–Trinajstić information content (AvgIpc) is 3.21. The smallest absolute Gasteiger partial charge is 0.270 e. The quantitative estimate of drug-likeness (QED) is 0.650. The molecule has 0 fully saturated rings. The fourth-order valence-corrected chi connectivity index (χ4v) is 2.86. The average molecular weight is 387 g/mol. The van der Waals surface area contributed by atoms with Crippen LogP contribution in [0.25, 0.3) is 0 Å². The van der Waals surface area contributed by atoms with Gasteiger partial charge in [-0.3, -0.25) is 20.4 Å².